The molecule has 0 aliphatic rings. The maximum Gasteiger partial charge on any atom is 0.183 e. The van der Waals surface area contributed by atoms with Gasteiger partial charge >= 0.3 is 0 Å². The second kappa shape index (κ2) is 3.42. The molecule has 1 aromatic heterocycles. The molecular weight excluding hydrogens is 223 g/mol. The van der Waals surface area contributed by atoms with Gasteiger partial charge in [0.25, 0.3) is 0 Å². The summed E-state index contributed by atoms with van der Waals surface area (Å²) in [5, 5.41) is 5.88. The molecule has 0 fully saturated rings. The van der Waals surface area contributed by atoms with Crippen molar-refractivity contribution >= 4 is 37.5 Å². The Bertz CT molecular complexity index is 675. The van der Waals surface area contributed by atoms with Crippen molar-refractivity contribution < 1.29 is 4.39 Å². The van der Waals surface area contributed by atoms with Crippen molar-refractivity contribution in [3.63, 3.8) is 0 Å². The van der Waals surface area contributed by atoms with Gasteiger partial charge < -0.3 is 5.32 Å². The van der Waals surface area contributed by atoms with Crippen molar-refractivity contribution in [2.45, 2.75) is 0 Å². The Labute approximate surface area is 95.7 Å². The Balaban J connectivity index is 2.43. The molecule has 1 N–H and O–H groups in total. The van der Waals surface area contributed by atoms with E-state index in [1.165, 1.54) is 6.07 Å². The molecule has 0 spiro atoms. The highest BCUT2D eigenvalue weighted by Gasteiger charge is 2.06. The molecule has 0 bridgehead atoms. The number of nitrogens with one attached hydrogen (secondary N) is 1. The zero-order chi connectivity index (χ0) is 11.1. The topological polar surface area (TPSA) is 24.9 Å². The highest BCUT2D eigenvalue weighted by Crippen LogP contribution is 2.32. The summed E-state index contributed by atoms with van der Waals surface area (Å²) in [7, 11) is 1.85. The lowest BCUT2D eigenvalue weighted by atomic mass is 10.1. The molecule has 0 saturated carbocycles. The molecule has 0 atom stereocenters. The molecule has 2 aromatic carbocycles. The highest BCUT2D eigenvalue weighted by atomic mass is 32.1. The first-order valence-electron chi connectivity index (χ1n) is 4.94. The number of thiazole rings is 1. The summed E-state index contributed by atoms with van der Waals surface area (Å²) < 4.78 is 14.2. The van der Waals surface area contributed by atoms with Crippen LogP contribution in [0.25, 0.3) is 21.0 Å². The number of hydrogen-bond donors (Lipinski definition) is 1. The van der Waals surface area contributed by atoms with Gasteiger partial charge in [0.05, 0.1) is 10.2 Å². The van der Waals surface area contributed by atoms with Crippen molar-refractivity contribution in [3.8, 4) is 0 Å². The summed E-state index contributed by atoms with van der Waals surface area (Å²) in [5.41, 5.74) is 0.952. The van der Waals surface area contributed by atoms with E-state index in [0.717, 1.165) is 26.1 Å². The van der Waals surface area contributed by atoms with Crippen molar-refractivity contribution in [3.05, 3.63) is 36.1 Å². The first-order chi connectivity index (χ1) is 7.78. The normalized spacial score (nSPS) is 11.1. The number of anilines is 1. The van der Waals surface area contributed by atoms with E-state index in [-0.39, 0.29) is 5.82 Å². The minimum Gasteiger partial charge on any atom is -0.365 e. The fourth-order valence-corrected chi connectivity index (χ4v) is 2.75. The van der Waals surface area contributed by atoms with Crippen LogP contribution in [0.2, 0.25) is 0 Å². The molecule has 16 heavy (non-hydrogen) atoms. The minimum atomic E-state index is -0.204. The van der Waals surface area contributed by atoms with Crippen molar-refractivity contribution in [1.82, 2.24) is 4.98 Å². The van der Waals surface area contributed by atoms with Gasteiger partial charge in [0, 0.05) is 12.4 Å². The maximum absolute atomic E-state index is 13.1. The Kier molecular flexibility index (Phi) is 2.04. The highest BCUT2D eigenvalue weighted by molar-refractivity contribution is 7.23. The van der Waals surface area contributed by atoms with Crippen LogP contribution in [0.1, 0.15) is 0 Å². The van der Waals surface area contributed by atoms with Crippen molar-refractivity contribution in [1.29, 1.82) is 0 Å². The zero-order valence-corrected chi connectivity index (χ0v) is 9.44. The SMILES string of the molecule is CNc1nc2ccc3cc(F)ccc3c2s1. The number of nitrogens with zero attached hydrogens (tertiary/aromatic N) is 1. The molecule has 2 nitrogen and oxygen atoms in total. The molecule has 0 aliphatic heterocycles. The van der Waals surface area contributed by atoms with E-state index >= 15 is 0 Å². The molecule has 0 unspecified atom stereocenters. The molecular formula is C12H9FN2S. The van der Waals surface area contributed by atoms with Crippen LogP contribution in [0.4, 0.5) is 9.52 Å². The van der Waals surface area contributed by atoms with Crippen LogP contribution in [0.15, 0.2) is 30.3 Å². The number of halogens is 1. The molecule has 80 valence electrons. The standard InChI is InChI=1S/C12H9FN2S/c1-14-12-15-10-5-2-7-6-8(13)3-4-9(7)11(10)16-12/h2-6H,1H3,(H,14,15). The van der Waals surface area contributed by atoms with Gasteiger partial charge in [0.2, 0.25) is 0 Å². The van der Waals surface area contributed by atoms with E-state index in [2.05, 4.69) is 10.3 Å². The van der Waals surface area contributed by atoms with Gasteiger partial charge in [-0.05, 0) is 29.7 Å². The lowest BCUT2D eigenvalue weighted by molar-refractivity contribution is 0.630. The van der Waals surface area contributed by atoms with Crippen LogP contribution < -0.4 is 5.32 Å². The summed E-state index contributed by atoms with van der Waals surface area (Å²) in [4.78, 5) is 4.42. The Morgan fingerprint density at radius 2 is 2.12 bits per heavy atom. The molecule has 0 aliphatic carbocycles. The van der Waals surface area contributed by atoms with E-state index in [1.54, 1.807) is 17.4 Å². The third-order valence-electron chi connectivity index (χ3n) is 2.55. The first-order valence-corrected chi connectivity index (χ1v) is 5.76. The molecule has 3 rings (SSSR count). The van der Waals surface area contributed by atoms with E-state index in [9.17, 15) is 4.39 Å². The Morgan fingerprint density at radius 3 is 2.94 bits per heavy atom. The maximum atomic E-state index is 13.1. The molecule has 4 heteroatoms. The lowest BCUT2D eigenvalue weighted by Crippen LogP contribution is -1.83. The summed E-state index contributed by atoms with van der Waals surface area (Å²) in [6.45, 7) is 0. The average Bonchev–Trinajstić information content (AvgIpc) is 2.71. The smallest absolute Gasteiger partial charge is 0.183 e. The van der Waals surface area contributed by atoms with Gasteiger partial charge in [-0.3, -0.25) is 0 Å². The van der Waals surface area contributed by atoms with Gasteiger partial charge in [-0.25, -0.2) is 9.37 Å². The summed E-state index contributed by atoms with van der Waals surface area (Å²) in [6, 6.07) is 8.67. The Hall–Kier alpha value is -1.68. The van der Waals surface area contributed by atoms with Crippen LogP contribution in [-0.2, 0) is 0 Å². The van der Waals surface area contributed by atoms with Crippen LogP contribution in [0.5, 0.6) is 0 Å². The molecule has 0 amide bonds. The number of benzene rings is 2. The fourth-order valence-electron chi connectivity index (χ4n) is 1.79. The number of aromatic nitrogens is 1. The van der Waals surface area contributed by atoms with Crippen LogP contribution >= 0.6 is 11.3 Å². The van der Waals surface area contributed by atoms with E-state index in [4.69, 9.17) is 0 Å². The van der Waals surface area contributed by atoms with Crippen LogP contribution in [0, 0.1) is 5.82 Å². The number of fused-ring (bicyclic) bond motifs is 3. The largest absolute Gasteiger partial charge is 0.365 e. The van der Waals surface area contributed by atoms with Crippen molar-refractivity contribution in [2.24, 2.45) is 0 Å². The zero-order valence-electron chi connectivity index (χ0n) is 8.62. The third kappa shape index (κ3) is 1.34. The monoisotopic (exact) mass is 232 g/mol. The van der Waals surface area contributed by atoms with E-state index < -0.39 is 0 Å². The van der Waals surface area contributed by atoms with Crippen LogP contribution in [0.3, 0.4) is 0 Å². The molecule has 3 aromatic rings. The van der Waals surface area contributed by atoms with Gasteiger partial charge in [-0.2, -0.15) is 0 Å². The van der Waals surface area contributed by atoms with Crippen LogP contribution in [-0.4, -0.2) is 12.0 Å². The van der Waals surface area contributed by atoms with Gasteiger partial charge in [-0.1, -0.05) is 17.4 Å². The second-order valence-electron chi connectivity index (χ2n) is 3.55. The predicted octanol–water partition coefficient (Wildman–Crippen LogP) is 3.63. The molecule has 0 saturated heterocycles. The summed E-state index contributed by atoms with van der Waals surface area (Å²) in [5.74, 6) is -0.204. The summed E-state index contributed by atoms with van der Waals surface area (Å²) in [6.07, 6.45) is 0. The minimum absolute atomic E-state index is 0.204. The fraction of sp³-hybridized carbons (Fsp3) is 0.0833. The van der Waals surface area contributed by atoms with Gasteiger partial charge in [0.1, 0.15) is 5.82 Å². The van der Waals surface area contributed by atoms with Gasteiger partial charge in [0.15, 0.2) is 5.13 Å². The lowest BCUT2D eigenvalue weighted by Gasteiger charge is -1.97. The quantitative estimate of drug-likeness (QED) is 0.693. The van der Waals surface area contributed by atoms with E-state index in [0.29, 0.717) is 0 Å². The van der Waals surface area contributed by atoms with Crippen molar-refractivity contribution in [2.75, 3.05) is 12.4 Å². The van der Waals surface area contributed by atoms with Gasteiger partial charge in [-0.15, -0.1) is 0 Å². The summed E-state index contributed by atoms with van der Waals surface area (Å²) >= 11 is 1.59. The number of rotatable bonds is 1. The first kappa shape index (κ1) is 9.54. The average molecular weight is 232 g/mol. The van der Waals surface area contributed by atoms with E-state index in [1.807, 2.05) is 25.2 Å². The molecule has 1 heterocycles. The third-order valence-corrected chi connectivity index (χ3v) is 3.67. The second-order valence-corrected chi connectivity index (χ2v) is 4.55. The Morgan fingerprint density at radius 1 is 1.25 bits per heavy atom. The number of hydrogen-bond acceptors (Lipinski definition) is 3. The molecule has 0 radical (unpaired) electrons. The predicted molar refractivity (Wildman–Crippen MR) is 66.6 cm³/mol.